The Morgan fingerprint density at radius 2 is 1.81 bits per heavy atom. The lowest BCUT2D eigenvalue weighted by Gasteiger charge is -2.08. The molecule has 2 aromatic heterocycles. The van der Waals surface area contributed by atoms with Gasteiger partial charge in [-0.15, -0.1) is 0 Å². The minimum absolute atomic E-state index is 0.0237. The van der Waals surface area contributed by atoms with Crippen LogP contribution in [0.2, 0.25) is 0 Å². The Balaban J connectivity index is 2.08. The first-order valence-corrected chi connectivity index (χ1v) is 9.42. The molecule has 0 aliphatic carbocycles. The molecule has 2 heterocycles. The van der Waals surface area contributed by atoms with Crippen molar-refractivity contribution < 1.29 is 9.30 Å². The van der Waals surface area contributed by atoms with Gasteiger partial charge in [0.2, 0.25) is 0 Å². The molecule has 0 fully saturated rings. The van der Waals surface area contributed by atoms with Gasteiger partial charge in [-0.3, -0.25) is 0 Å². The number of rotatable bonds is 3. The SMILES string of the molecule is CCOc1ccc2c(c1)n1c(=O)c3cccc4c(CC)ccc(c43)c1[n+]2C. The number of benzene rings is 3. The third-order valence-corrected chi connectivity index (χ3v) is 5.58. The Kier molecular flexibility index (Phi) is 3.38. The molecular weight excluding hydrogens is 336 g/mol. The van der Waals surface area contributed by atoms with Crippen molar-refractivity contribution in [3.8, 4) is 5.75 Å². The molecule has 27 heavy (non-hydrogen) atoms. The summed E-state index contributed by atoms with van der Waals surface area (Å²) in [4.78, 5) is 13.5. The Hall–Kier alpha value is -3.14. The molecule has 0 radical (unpaired) electrons. The van der Waals surface area contributed by atoms with Crippen molar-refractivity contribution in [2.24, 2.45) is 7.05 Å². The topological polar surface area (TPSA) is 34.6 Å². The zero-order chi connectivity index (χ0) is 18.7. The van der Waals surface area contributed by atoms with Crippen LogP contribution in [0.25, 0.3) is 38.2 Å². The Bertz CT molecular complexity index is 1400. The van der Waals surface area contributed by atoms with Crippen molar-refractivity contribution in [2.75, 3.05) is 6.61 Å². The van der Waals surface area contributed by atoms with E-state index in [2.05, 4.69) is 29.7 Å². The summed E-state index contributed by atoms with van der Waals surface area (Å²) in [5.41, 5.74) is 4.12. The second-order valence-electron chi connectivity index (χ2n) is 6.96. The average molecular weight is 357 g/mol. The molecule has 0 amide bonds. The van der Waals surface area contributed by atoms with Crippen LogP contribution in [0.5, 0.6) is 5.75 Å². The number of pyridine rings is 1. The van der Waals surface area contributed by atoms with Crippen LogP contribution >= 0.6 is 0 Å². The van der Waals surface area contributed by atoms with E-state index in [9.17, 15) is 4.79 Å². The molecule has 0 spiro atoms. The van der Waals surface area contributed by atoms with E-state index in [1.54, 1.807) is 0 Å². The summed E-state index contributed by atoms with van der Waals surface area (Å²) in [6.07, 6.45) is 0.946. The maximum Gasteiger partial charge on any atom is 0.347 e. The van der Waals surface area contributed by atoms with Gasteiger partial charge in [0.1, 0.15) is 5.75 Å². The summed E-state index contributed by atoms with van der Waals surface area (Å²) in [7, 11) is 2.02. The maximum absolute atomic E-state index is 13.5. The van der Waals surface area contributed by atoms with E-state index in [0.717, 1.165) is 45.0 Å². The Morgan fingerprint density at radius 3 is 2.59 bits per heavy atom. The minimum atomic E-state index is 0.0237. The molecule has 0 saturated carbocycles. The molecule has 0 unspecified atom stereocenters. The quantitative estimate of drug-likeness (QED) is 0.458. The highest BCUT2D eigenvalue weighted by molar-refractivity contribution is 6.15. The molecule has 4 heteroatoms. The number of fused-ring (bicyclic) bond motifs is 4. The van der Waals surface area contributed by atoms with Crippen LogP contribution in [0.15, 0.2) is 53.3 Å². The fraction of sp³-hybridized carbons (Fsp3) is 0.217. The van der Waals surface area contributed by atoms with Gasteiger partial charge in [0.15, 0.2) is 11.0 Å². The average Bonchev–Trinajstić information content (AvgIpc) is 2.98. The first kappa shape index (κ1) is 16.1. The second-order valence-corrected chi connectivity index (χ2v) is 6.96. The van der Waals surface area contributed by atoms with E-state index in [0.29, 0.717) is 6.61 Å². The number of hydrogen-bond acceptors (Lipinski definition) is 2. The van der Waals surface area contributed by atoms with Crippen molar-refractivity contribution in [1.82, 2.24) is 4.40 Å². The smallest absolute Gasteiger partial charge is 0.347 e. The number of imidazole rings is 1. The fourth-order valence-corrected chi connectivity index (χ4v) is 4.37. The third-order valence-electron chi connectivity index (χ3n) is 5.58. The summed E-state index contributed by atoms with van der Waals surface area (Å²) in [6.45, 7) is 4.72. The highest BCUT2D eigenvalue weighted by Gasteiger charge is 2.25. The van der Waals surface area contributed by atoms with Crippen LogP contribution in [0.1, 0.15) is 19.4 Å². The van der Waals surface area contributed by atoms with Crippen LogP contribution < -0.4 is 14.9 Å². The van der Waals surface area contributed by atoms with Gasteiger partial charge in [0.25, 0.3) is 5.65 Å². The van der Waals surface area contributed by atoms with E-state index in [1.807, 2.05) is 48.7 Å². The van der Waals surface area contributed by atoms with Gasteiger partial charge in [0.05, 0.1) is 24.4 Å². The van der Waals surface area contributed by atoms with E-state index >= 15 is 0 Å². The van der Waals surface area contributed by atoms with Gasteiger partial charge in [-0.05, 0) is 48.6 Å². The largest absolute Gasteiger partial charge is 0.494 e. The van der Waals surface area contributed by atoms with Gasteiger partial charge in [0, 0.05) is 11.5 Å². The first-order valence-electron chi connectivity index (χ1n) is 9.42. The lowest BCUT2D eigenvalue weighted by atomic mass is 9.97. The molecule has 0 N–H and O–H groups in total. The molecule has 3 aromatic carbocycles. The maximum atomic E-state index is 13.5. The van der Waals surface area contributed by atoms with Crippen molar-refractivity contribution in [2.45, 2.75) is 20.3 Å². The molecule has 0 aliphatic heterocycles. The summed E-state index contributed by atoms with van der Waals surface area (Å²) < 4.78 is 9.62. The number of nitrogens with zero attached hydrogens (tertiary/aromatic N) is 2. The van der Waals surface area contributed by atoms with Crippen molar-refractivity contribution in [3.05, 3.63) is 64.4 Å². The number of hydrogen-bond donors (Lipinski definition) is 0. The Morgan fingerprint density at radius 1 is 1.00 bits per heavy atom. The van der Waals surface area contributed by atoms with E-state index in [-0.39, 0.29) is 5.56 Å². The van der Waals surface area contributed by atoms with E-state index in [4.69, 9.17) is 4.74 Å². The highest BCUT2D eigenvalue weighted by Crippen LogP contribution is 2.31. The molecule has 0 atom stereocenters. The van der Waals surface area contributed by atoms with Crippen LogP contribution in [0, 0.1) is 0 Å². The number of aromatic nitrogens is 2. The third kappa shape index (κ3) is 2.04. The lowest BCUT2D eigenvalue weighted by molar-refractivity contribution is -0.617. The van der Waals surface area contributed by atoms with Crippen LogP contribution in [-0.4, -0.2) is 11.0 Å². The van der Waals surface area contributed by atoms with Gasteiger partial charge >= 0.3 is 5.56 Å². The molecule has 0 saturated heterocycles. The molecule has 5 aromatic rings. The van der Waals surface area contributed by atoms with Gasteiger partial charge in [-0.1, -0.05) is 25.1 Å². The van der Waals surface area contributed by atoms with Crippen LogP contribution in [-0.2, 0) is 13.5 Å². The fourth-order valence-electron chi connectivity index (χ4n) is 4.37. The van der Waals surface area contributed by atoms with Crippen LogP contribution in [0.4, 0.5) is 0 Å². The zero-order valence-corrected chi connectivity index (χ0v) is 15.7. The van der Waals surface area contributed by atoms with E-state index < -0.39 is 0 Å². The summed E-state index contributed by atoms with van der Waals surface area (Å²) in [5, 5.41) is 4.11. The van der Waals surface area contributed by atoms with Crippen molar-refractivity contribution in [1.29, 1.82) is 0 Å². The summed E-state index contributed by atoms with van der Waals surface area (Å²) in [5.74, 6) is 0.782. The van der Waals surface area contributed by atoms with Gasteiger partial charge < -0.3 is 4.74 Å². The van der Waals surface area contributed by atoms with Gasteiger partial charge in [-0.25, -0.2) is 9.36 Å². The molecule has 5 rings (SSSR count). The lowest BCUT2D eigenvalue weighted by Crippen LogP contribution is -2.29. The molecule has 0 aliphatic rings. The number of aryl methyl sites for hydroxylation is 2. The van der Waals surface area contributed by atoms with Crippen LogP contribution in [0.3, 0.4) is 0 Å². The molecule has 4 nitrogen and oxygen atoms in total. The number of ether oxygens (including phenoxy) is 1. The van der Waals surface area contributed by atoms with Crippen molar-refractivity contribution >= 4 is 38.2 Å². The predicted molar refractivity (Wildman–Crippen MR) is 109 cm³/mol. The minimum Gasteiger partial charge on any atom is -0.494 e. The standard InChI is InChI=1S/C23H21N2O2/c1-4-14-9-11-17-21-16(14)7-6-8-18(21)23(26)25-20-13-15(27-5-2)10-12-19(20)24(3)22(17)25/h6-13H,4-5H2,1-3H3/q+1. The molecular formula is C23H21N2O2+. The summed E-state index contributed by atoms with van der Waals surface area (Å²) >= 11 is 0. The second kappa shape index (κ2) is 5.68. The first-order chi connectivity index (χ1) is 13.2. The molecule has 134 valence electrons. The zero-order valence-electron chi connectivity index (χ0n) is 15.7. The highest BCUT2D eigenvalue weighted by atomic mass is 16.5. The molecule has 0 bridgehead atoms. The van der Waals surface area contributed by atoms with Gasteiger partial charge in [-0.2, -0.15) is 4.40 Å². The van der Waals surface area contributed by atoms with E-state index in [1.165, 1.54) is 10.9 Å². The van der Waals surface area contributed by atoms with Crippen molar-refractivity contribution in [3.63, 3.8) is 0 Å². The monoisotopic (exact) mass is 357 g/mol. The Labute approximate surface area is 156 Å². The normalized spacial score (nSPS) is 12.0. The summed E-state index contributed by atoms with van der Waals surface area (Å²) in [6, 6.07) is 16.4. The predicted octanol–water partition coefficient (Wildman–Crippen LogP) is 3.98.